The third-order valence-electron chi connectivity index (χ3n) is 3.96. The highest BCUT2D eigenvalue weighted by molar-refractivity contribution is 5.99. The van der Waals surface area contributed by atoms with Gasteiger partial charge < -0.3 is 0 Å². The van der Waals surface area contributed by atoms with Gasteiger partial charge in [-0.05, 0) is 31.2 Å². The fourth-order valence-corrected chi connectivity index (χ4v) is 2.50. The molecule has 2 rings (SSSR count). The highest BCUT2D eigenvalue weighted by atomic mass is 15.1. The van der Waals surface area contributed by atoms with E-state index >= 15 is 0 Å². The van der Waals surface area contributed by atoms with E-state index in [1.807, 2.05) is 57.4 Å². The van der Waals surface area contributed by atoms with Crippen LogP contribution in [-0.2, 0) is 6.54 Å². The Balaban J connectivity index is 0.00000190. The van der Waals surface area contributed by atoms with Crippen LogP contribution in [0.1, 0.15) is 40.3 Å². The van der Waals surface area contributed by atoms with Crippen molar-refractivity contribution in [3.63, 3.8) is 0 Å². The number of nitrogens with zero attached hydrogens (tertiary/aromatic N) is 4. The molecule has 0 N–H and O–H groups in total. The van der Waals surface area contributed by atoms with Gasteiger partial charge in [-0.1, -0.05) is 58.6 Å². The molecule has 2 heterocycles. The monoisotopic (exact) mass is 378 g/mol. The van der Waals surface area contributed by atoms with E-state index in [2.05, 4.69) is 58.5 Å². The van der Waals surface area contributed by atoms with Crippen LogP contribution < -0.4 is 0 Å². The van der Waals surface area contributed by atoms with E-state index in [0.717, 1.165) is 30.2 Å². The highest BCUT2D eigenvalue weighted by Crippen LogP contribution is 2.21. The number of hydrogen-bond acceptors (Lipinski definition) is 4. The second-order valence-electron chi connectivity index (χ2n) is 6.86. The molecule has 4 heteroatoms. The van der Waals surface area contributed by atoms with Gasteiger partial charge in [0.05, 0.1) is 17.1 Å². The number of rotatable bonds is 8. The summed E-state index contributed by atoms with van der Waals surface area (Å²) in [6.07, 6.45) is 15.7. The zero-order valence-corrected chi connectivity index (χ0v) is 18.0. The summed E-state index contributed by atoms with van der Waals surface area (Å²) >= 11 is 0. The summed E-state index contributed by atoms with van der Waals surface area (Å²) in [5, 5.41) is 0. The predicted octanol–water partition coefficient (Wildman–Crippen LogP) is 5.62. The first kappa shape index (κ1) is 23.4. The Morgan fingerprint density at radius 1 is 1.21 bits per heavy atom. The summed E-state index contributed by atoms with van der Waals surface area (Å²) in [4.78, 5) is 15.8. The molecule has 0 atom stereocenters. The summed E-state index contributed by atoms with van der Waals surface area (Å²) in [5.74, 6) is 0. The lowest BCUT2D eigenvalue weighted by Crippen LogP contribution is -2.33. The minimum Gasteiger partial charge on any atom is -0.286 e. The third-order valence-corrected chi connectivity index (χ3v) is 3.96. The largest absolute Gasteiger partial charge is 0.286 e. The number of hydrogen-bond donors (Lipinski definition) is 0. The molecule has 0 saturated heterocycles. The number of aliphatic imine (C=N–C) groups is 2. The van der Waals surface area contributed by atoms with Gasteiger partial charge in [-0.3, -0.25) is 19.9 Å². The molecule has 150 valence electrons. The van der Waals surface area contributed by atoms with E-state index in [9.17, 15) is 0 Å². The standard InChI is InChI=1S/C22H28N4.C2H6/c1-5-13-23-19(6-2)16-26(17-20-9-7-8-14-24-20)18-21-10-11-22(3,4)12-15-25-21;1-2/h5-15H,2,16-18H2,1,3-4H3;1-2H3/b13-5-,23-19?;. The minimum atomic E-state index is 0.0245. The van der Waals surface area contributed by atoms with E-state index in [1.54, 1.807) is 12.3 Å². The van der Waals surface area contributed by atoms with Gasteiger partial charge in [0.15, 0.2) is 0 Å². The normalized spacial score (nSPS) is 15.8. The molecule has 0 unspecified atom stereocenters. The number of aromatic nitrogens is 1. The maximum absolute atomic E-state index is 4.60. The van der Waals surface area contributed by atoms with E-state index < -0.39 is 0 Å². The lowest BCUT2D eigenvalue weighted by molar-refractivity contribution is 0.343. The summed E-state index contributed by atoms with van der Waals surface area (Å²) in [6, 6.07) is 5.98. The molecule has 28 heavy (non-hydrogen) atoms. The average Bonchev–Trinajstić information content (AvgIpc) is 2.87. The molecule has 1 aliphatic rings. The van der Waals surface area contributed by atoms with Gasteiger partial charge >= 0.3 is 0 Å². The van der Waals surface area contributed by atoms with Crippen molar-refractivity contribution in [3.05, 3.63) is 79.4 Å². The highest BCUT2D eigenvalue weighted by Gasteiger charge is 2.15. The molecule has 0 spiro atoms. The Morgan fingerprint density at radius 2 is 2.00 bits per heavy atom. The second-order valence-corrected chi connectivity index (χ2v) is 6.86. The molecule has 0 saturated carbocycles. The lowest BCUT2D eigenvalue weighted by Gasteiger charge is -2.22. The fraction of sp³-hybridized carbons (Fsp3) is 0.375. The van der Waals surface area contributed by atoms with Crippen LogP contribution in [0.15, 0.2) is 83.7 Å². The molecule has 0 bridgehead atoms. The van der Waals surface area contributed by atoms with Gasteiger partial charge in [-0.2, -0.15) is 0 Å². The molecule has 1 aliphatic heterocycles. The average molecular weight is 379 g/mol. The smallest absolute Gasteiger partial charge is 0.0544 e. The maximum Gasteiger partial charge on any atom is 0.0544 e. The van der Waals surface area contributed by atoms with Crippen molar-refractivity contribution in [1.29, 1.82) is 0 Å². The quantitative estimate of drug-likeness (QED) is 0.551. The van der Waals surface area contributed by atoms with E-state index in [-0.39, 0.29) is 5.41 Å². The molecule has 1 aromatic heterocycles. The van der Waals surface area contributed by atoms with Gasteiger partial charge in [-0.15, -0.1) is 0 Å². The molecule has 0 aliphatic carbocycles. The van der Waals surface area contributed by atoms with Crippen LogP contribution in [0.3, 0.4) is 0 Å². The van der Waals surface area contributed by atoms with Crippen LogP contribution in [0.5, 0.6) is 0 Å². The fourth-order valence-electron chi connectivity index (χ4n) is 2.50. The summed E-state index contributed by atoms with van der Waals surface area (Å²) in [7, 11) is 0. The Morgan fingerprint density at radius 3 is 2.64 bits per heavy atom. The molecule has 0 radical (unpaired) electrons. The van der Waals surface area contributed by atoms with Gasteiger partial charge in [0.2, 0.25) is 0 Å². The Bertz CT molecular complexity index is 737. The van der Waals surface area contributed by atoms with E-state index in [1.165, 1.54) is 0 Å². The molecule has 0 aromatic carbocycles. The predicted molar refractivity (Wildman–Crippen MR) is 123 cm³/mol. The minimum absolute atomic E-state index is 0.0245. The first-order chi connectivity index (χ1) is 13.5. The van der Waals surface area contributed by atoms with Crippen LogP contribution in [0, 0.1) is 5.41 Å². The van der Waals surface area contributed by atoms with Crippen LogP contribution in [0.2, 0.25) is 0 Å². The Hall–Kier alpha value is -2.59. The van der Waals surface area contributed by atoms with Crippen molar-refractivity contribution < 1.29 is 0 Å². The zero-order valence-electron chi connectivity index (χ0n) is 18.0. The molecule has 4 nitrogen and oxygen atoms in total. The summed E-state index contributed by atoms with van der Waals surface area (Å²) in [6.45, 7) is 16.3. The maximum atomic E-state index is 4.60. The van der Waals surface area contributed by atoms with Crippen LogP contribution in [0.4, 0.5) is 0 Å². The van der Waals surface area contributed by atoms with Crippen molar-refractivity contribution in [2.75, 3.05) is 13.1 Å². The lowest BCUT2D eigenvalue weighted by atomic mass is 9.93. The summed E-state index contributed by atoms with van der Waals surface area (Å²) in [5.41, 5.74) is 3.00. The molecule has 1 aromatic rings. The van der Waals surface area contributed by atoms with Crippen LogP contribution >= 0.6 is 0 Å². The number of allylic oxidation sites excluding steroid dienone is 3. The zero-order chi connectivity index (χ0) is 20.8. The van der Waals surface area contributed by atoms with Gasteiger partial charge in [0.25, 0.3) is 0 Å². The SMILES string of the molecule is C=CC(CN(CC1=NC=CC(C)(C)C=C1)Cc1ccccn1)=N/C=C\C.CC. The van der Waals surface area contributed by atoms with Gasteiger partial charge in [0, 0.05) is 43.6 Å². The van der Waals surface area contributed by atoms with Crippen molar-refractivity contribution in [2.45, 2.75) is 41.2 Å². The topological polar surface area (TPSA) is 40.9 Å². The van der Waals surface area contributed by atoms with Crippen LogP contribution in [-0.4, -0.2) is 34.4 Å². The van der Waals surface area contributed by atoms with Gasteiger partial charge in [0.1, 0.15) is 0 Å². The molecule has 0 amide bonds. The van der Waals surface area contributed by atoms with Crippen molar-refractivity contribution in [2.24, 2.45) is 15.4 Å². The third kappa shape index (κ3) is 8.87. The number of pyridine rings is 1. The molecular formula is C24H34N4. The first-order valence-electron chi connectivity index (χ1n) is 9.88. The van der Waals surface area contributed by atoms with E-state index in [4.69, 9.17) is 0 Å². The van der Waals surface area contributed by atoms with Crippen LogP contribution in [0.25, 0.3) is 0 Å². The Kier molecular flexibility index (Phi) is 10.7. The molecule has 0 fully saturated rings. The summed E-state index contributed by atoms with van der Waals surface area (Å²) < 4.78 is 0. The van der Waals surface area contributed by atoms with Crippen molar-refractivity contribution in [1.82, 2.24) is 9.88 Å². The van der Waals surface area contributed by atoms with E-state index in [0.29, 0.717) is 6.54 Å². The second kappa shape index (κ2) is 12.7. The van der Waals surface area contributed by atoms with Gasteiger partial charge in [-0.25, -0.2) is 0 Å². The first-order valence-corrected chi connectivity index (χ1v) is 9.88. The van der Waals surface area contributed by atoms with Crippen molar-refractivity contribution >= 4 is 11.4 Å². The molecular weight excluding hydrogens is 344 g/mol. The Labute approximate surface area is 170 Å². The van der Waals surface area contributed by atoms with Crippen molar-refractivity contribution in [3.8, 4) is 0 Å².